The van der Waals surface area contributed by atoms with Crippen LogP contribution in [0.2, 0.25) is 0 Å². The maximum Gasteiger partial charge on any atom is 0.261 e. The number of rotatable bonds is 5. The lowest BCUT2D eigenvalue weighted by atomic mass is 10.1. The topological polar surface area (TPSA) is 62.6 Å². The second-order valence-electron chi connectivity index (χ2n) is 6.79. The van der Waals surface area contributed by atoms with Gasteiger partial charge in [-0.3, -0.25) is 9.59 Å². The summed E-state index contributed by atoms with van der Waals surface area (Å²) in [7, 11) is 0. The third-order valence-corrected chi connectivity index (χ3v) is 6.11. The quantitative estimate of drug-likeness (QED) is 0.701. The SMILES string of the molecule is CCCNC(=O)c1ccc([C@H]2CCCN2C(=O)c2ccc3occc3c2)s1. The Morgan fingerprint density at radius 3 is 3.00 bits per heavy atom. The highest BCUT2D eigenvalue weighted by atomic mass is 32.1. The zero-order chi connectivity index (χ0) is 18.8. The van der Waals surface area contributed by atoms with Gasteiger partial charge in [-0.05, 0) is 55.7 Å². The van der Waals surface area contributed by atoms with E-state index in [1.54, 1.807) is 6.26 Å². The van der Waals surface area contributed by atoms with Gasteiger partial charge in [0.05, 0.1) is 17.2 Å². The third-order valence-electron chi connectivity index (χ3n) is 4.93. The van der Waals surface area contributed by atoms with Crippen molar-refractivity contribution in [2.75, 3.05) is 13.1 Å². The van der Waals surface area contributed by atoms with Crippen molar-refractivity contribution in [2.24, 2.45) is 0 Å². The molecule has 2 amide bonds. The zero-order valence-electron chi connectivity index (χ0n) is 15.2. The second-order valence-corrected chi connectivity index (χ2v) is 7.90. The number of nitrogens with zero attached hydrogens (tertiary/aromatic N) is 1. The lowest BCUT2D eigenvalue weighted by Gasteiger charge is -2.24. The number of amides is 2. The van der Waals surface area contributed by atoms with E-state index in [9.17, 15) is 9.59 Å². The molecule has 0 aliphatic carbocycles. The van der Waals surface area contributed by atoms with Crippen LogP contribution in [0.4, 0.5) is 0 Å². The summed E-state index contributed by atoms with van der Waals surface area (Å²) in [6.45, 7) is 3.45. The molecule has 3 aromatic rings. The van der Waals surface area contributed by atoms with E-state index in [2.05, 4.69) is 5.32 Å². The molecule has 27 heavy (non-hydrogen) atoms. The molecule has 4 rings (SSSR count). The number of fused-ring (bicyclic) bond motifs is 1. The number of nitrogens with one attached hydrogen (secondary N) is 1. The first-order valence-corrected chi connectivity index (χ1v) is 10.1. The Morgan fingerprint density at radius 1 is 1.26 bits per heavy atom. The van der Waals surface area contributed by atoms with Crippen molar-refractivity contribution in [3.05, 3.63) is 58.0 Å². The smallest absolute Gasteiger partial charge is 0.261 e. The predicted molar refractivity (Wildman–Crippen MR) is 106 cm³/mol. The van der Waals surface area contributed by atoms with Crippen LogP contribution in [0.3, 0.4) is 0 Å². The van der Waals surface area contributed by atoms with E-state index in [-0.39, 0.29) is 17.9 Å². The molecular weight excluding hydrogens is 360 g/mol. The number of carbonyl (C=O) groups is 2. The van der Waals surface area contributed by atoms with E-state index in [1.165, 1.54) is 11.3 Å². The molecule has 1 atom stereocenters. The molecule has 0 spiro atoms. The summed E-state index contributed by atoms with van der Waals surface area (Å²) in [6, 6.07) is 11.3. The van der Waals surface area contributed by atoms with Gasteiger partial charge in [0.2, 0.25) is 0 Å². The molecule has 1 fully saturated rings. The van der Waals surface area contributed by atoms with Gasteiger partial charge in [-0.15, -0.1) is 11.3 Å². The number of benzene rings is 1. The van der Waals surface area contributed by atoms with E-state index in [4.69, 9.17) is 4.42 Å². The summed E-state index contributed by atoms with van der Waals surface area (Å²) in [4.78, 5) is 29.0. The van der Waals surface area contributed by atoms with Crippen molar-refractivity contribution in [2.45, 2.75) is 32.2 Å². The Morgan fingerprint density at radius 2 is 2.15 bits per heavy atom. The van der Waals surface area contributed by atoms with Gasteiger partial charge in [0.25, 0.3) is 11.8 Å². The van der Waals surface area contributed by atoms with E-state index in [1.807, 2.05) is 48.2 Å². The van der Waals surface area contributed by atoms with Crippen molar-refractivity contribution in [1.29, 1.82) is 0 Å². The minimum absolute atomic E-state index is 0.0330. The van der Waals surface area contributed by atoms with E-state index >= 15 is 0 Å². The summed E-state index contributed by atoms with van der Waals surface area (Å²) in [5, 5.41) is 3.84. The van der Waals surface area contributed by atoms with Gasteiger partial charge in [0.1, 0.15) is 5.58 Å². The van der Waals surface area contributed by atoms with E-state index in [0.29, 0.717) is 17.0 Å². The summed E-state index contributed by atoms with van der Waals surface area (Å²) >= 11 is 1.49. The summed E-state index contributed by atoms with van der Waals surface area (Å²) in [5.74, 6) is 0.000340. The molecule has 0 unspecified atom stereocenters. The summed E-state index contributed by atoms with van der Waals surface area (Å²) < 4.78 is 5.36. The van der Waals surface area contributed by atoms with Gasteiger partial charge in [0, 0.05) is 28.9 Å². The van der Waals surface area contributed by atoms with E-state index < -0.39 is 0 Å². The highest BCUT2D eigenvalue weighted by Gasteiger charge is 2.32. The molecule has 6 heteroatoms. The Bertz CT molecular complexity index is 975. The molecule has 5 nitrogen and oxygen atoms in total. The molecule has 0 saturated carbocycles. The number of likely N-dealkylation sites (tertiary alicyclic amines) is 1. The normalized spacial score (nSPS) is 16.8. The second kappa shape index (κ2) is 7.56. The Kier molecular flexibility index (Phi) is 4.99. The van der Waals surface area contributed by atoms with E-state index in [0.717, 1.165) is 41.7 Å². The van der Waals surface area contributed by atoms with Crippen LogP contribution in [-0.4, -0.2) is 29.8 Å². The summed E-state index contributed by atoms with van der Waals surface area (Å²) in [5.41, 5.74) is 1.46. The molecule has 1 N–H and O–H groups in total. The lowest BCUT2D eigenvalue weighted by molar-refractivity contribution is 0.0738. The maximum absolute atomic E-state index is 13.1. The van der Waals surface area contributed by atoms with Crippen molar-refractivity contribution in [1.82, 2.24) is 10.2 Å². The minimum atomic E-state index is -0.0330. The van der Waals surface area contributed by atoms with Crippen molar-refractivity contribution >= 4 is 34.1 Å². The molecule has 1 aliphatic rings. The highest BCUT2D eigenvalue weighted by molar-refractivity contribution is 7.14. The number of hydrogen-bond acceptors (Lipinski definition) is 4. The van der Waals surface area contributed by atoms with Crippen LogP contribution in [0, 0.1) is 0 Å². The van der Waals surface area contributed by atoms with Gasteiger partial charge in [-0.25, -0.2) is 0 Å². The van der Waals surface area contributed by atoms with Crippen LogP contribution in [0.15, 0.2) is 47.1 Å². The van der Waals surface area contributed by atoms with Crippen LogP contribution >= 0.6 is 11.3 Å². The highest BCUT2D eigenvalue weighted by Crippen LogP contribution is 2.37. The van der Waals surface area contributed by atoms with Crippen molar-refractivity contribution < 1.29 is 14.0 Å². The monoisotopic (exact) mass is 382 g/mol. The third kappa shape index (κ3) is 3.49. The van der Waals surface area contributed by atoms with Crippen LogP contribution < -0.4 is 5.32 Å². The predicted octanol–water partition coefficient (Wildman–Crippen LogP) is 4.61. The number of furan rings is 1. The average Bonchev–Trinajstić information content (AvgIpc) is 3.44. The van der Waals surface area contributed by atoms with Gasteiger partial charge >= 0.3 is 0 Å². The van der Waals surface area contributed by atoms with Gasteiger partial charge in [-0.1, -0.05) is 6.92 Å². The van der Waals surface area contributed by atoms with Crippen LogP contribution in [0.25, 0.3) is 11.0 Å². The molecule has 140 valence electrons. The van der Waals surface area contributed by atoms with Crippen LogP contribution in [0.1, 0.15) is 57.1 Å². The fourth-order valence-electron chi connectivity index (χ4n) is 3.55. The summed E-state index contributed by atoms with van der Waals surface area (Å²) in [6.07, 6.45) is 4.44. The maximum atomic E-state index is 13.1. The molecule has 0 bridgehead atoms. The molecule has 1 aliphatic heterocycles. The Labute approximate surface area is 162 Å². The molecule has 0 radical (unpaired) electrons. The molecule has 1 saturated heterocycles. The molecule has 1 aromatic carbocycles. The van der Waals surface area contributed by atoms with Gasteiger partial charge < -0.3 is 14.6 Å². The first-order valence-electron chi connectivity index (χ1n) is 9.33. The van der Waals surface area contributed by atoms with Crippen LogP contribution in [-0.2, 0) is 0 Å². The standard InChI is InChI=1S/C21H22N2O3S/c1-2-10-22-20(24)19-8-7-18(27-19)16-4-3-11-23(16)21(25)15-5-6-17-14(13-15)9-12-26-17/h5-9,12-13,16H,2-4,10-11H2,1H3,(H,22,24)/t16-/m1/s1. The fraction of sp³-hybridized carbons (Fsp3) is 0.333. The Hall–Kier alpha value is -2.60. The van der Waals surface area contributed by atoms with Crippen molar-refractivity contribution in [3.8, 4) is 0 Å². The minimum Gasteiger partial charge on any atom is -0.464 e. The largest absolute Gasteiger partial charge is 0.464 e. The van der Waals surface area contributed by atoms with Gasteiger partial charge in [0.15, 0.2) is 0 Å². The lowest BCUT2D eigenvalue weighted by Crippen LogP contribution is -2.30. The first kappa shape index (κ1) is 17.8. The zero-order valence-corrected chi connectivity index (χ0v) is 16.1. The first-order chi connectivity index (χ1) is 13.2. The number of hydrogen-bond donors (Lipinski definition) is 1. The van der Waals surface area contributed by atoms with Crippen LogP contribution in [0.5, 0.6) is 0 Å². The number of thiophene rings is 1. The van der Waals surface area contributed by atoms with Gasteiger partial charge in [-0.2, -0.15) is 0 Å². The number of carbonyl (C=O) groups excluding carboxylic acids is 2. The fourth-order valence-corrected chi connectivity index (χ4v) is 4.62. The van der Waals surface area contributed by atoms with Crippen molar-refractivity contribution in [3.63, 3.8) is 0 Å². The average molecular weight is 382 g/mol. The Balaban J connectivity index is 1.54. The molecule has 2 aromatic heterocycles. The molecular formula is C21H22N2O3S. The molecule has 3 heterocycles.